The van der Waals surface area contributed by atoms with Crippen LogP contribution in [0, 0.1) is 16.6 Å². The predicted octanol–water partition coefficient (Wildman–Crippen LogP) is 5.22. The van der Waals surface area contributed by atoms with Gasteiger partial charge in [-0.15, -0.1) is 0 Å². The van der Waals surface area contributed by atoms with Crippen LogP contribution in [-0.4, -0.2) is 60.5 Å². The number of nitrogens with zero attached hydrogens (tertiary/aromatic N) is 1. The average molecular weight is 484 g/mol. The van der Waals surface area contributed by atoms with Crippen LogP contribution in [0.25, 0.3) is 0 Å². The second-order valence-corrected chi connectivity index (χ2v) is 16.7. The molecular weight excluding hydrogens is 437 g/mol. The lowest BCUT2D eigenvalue weighted by molar-refractivity contribution is -0.147. The van der Waals surface area contributed by atoms with Gasteiger partial charge in [0.15, 0.2) is 18.1 Å². The van der Waals surface area contributed by atoms with Crippen molar-refractivity contribution in [2.45, 2.75) is 98.6 Å². The van der Waals surface area contributed by atoms with Crippen LogP contribution in [0.15, 0.2) is 24.3 Å². The maximum absolute atomic E-state index is 13.6. The Labute approximate surface area is 199 Å². The molecule has 2 unspecified atom stereocenters. The molecule has 1 heterocycles. The highest BCUT2D eigenvalue weighted by Crippen LogP contribution is 2.36. The molecule has 4 atom stereocenters. The molecule has 1 saturated heterocycles. The van der Waals surface area contributed by atoms with E-state index in [1.54, 1.807) is 12.1 Å². The summed E-state index contributed by atoms with van der Waals surface area (Å²) >= 11 is 0. The van der Waals surface area contributed by atoms with Crippen molar-refractivity contribution in [2.75, 3.05) is 13.2 Å². The third-order valence-corrected chi connectivity index (χ3v) is 7.63. The van der Waals surface area contributed by atoms with Gasteiger partial charge in [-0.05, 0) is 54.7 Å². The summed E-state index contributed by atoms with van der Waals surface area (Å²) in [5, 5.41) is 0. The number of morpholine rings is 1. The van der Waals surface area contributed by atoms with E-state index in [2.05, 4.69) is 72.6 Å². The van der Waals surface area contributed by atoms with E-state index in [1.165, 1.54) is 0 Å². The number of hydrogen-bond donors (Lipinski definition) is 0. The molecule has 32 heavy (non-hydrogen) atoms. The van der Waals surface area contributed by atoms with Gasteiger partial charge in [-0.1, -0.05) is 53.7 Å². The van der Waals surface area contributed by atoms with Crippen molar-refractivity contribution in [3.05, 3.63) is 35.6 Å². The van der Waals surface area contributed by atoms with Gasteiger partial charge in [0, 0.05) is 6.54 Å². The van der Waals surface area contributed by atoms with E-state index in [1.807, 2.05) is 12.1 Å². The number of ether oxygens (including phenoxy) is 1. The van der Waals surface area contributed by atoms with E-state index >= 15 is 0 Å². The molecule has 0 aliphatic carbocycles. The smallest absolute Gasteiger partial charge is 0.171 e. The van der Waals surface area contributed by atoms with E-state index in [-0.39, 0.29) is 40.9 Å². The van der Waals surface area contributed by atoms with Crippen molar-refractivity contribution in [1.29, 1.82) is 0 Å². The van der Waals surface area contributed by atoms with Crippen molar-refractivity contribution < 1.29 is 18.0 Å². The van der Waals surface area contributed by atoms with E-state index in [9.17, 15) is 4.39 Å². The van der Waals surface area contributed by atoms with Crippen LogP contribution < -0.4 is 0 Å². The SMILES string of the molecule is C[SiH](C)OC([C@@H]1COC[C@@H](C(O[SiH](C)C)C(C)(C)C)N1Cc1ccc(F)cc1)C(C)(C)C. The number of benzene rings is 1. The van der Waals surface area contributed by atoms with E-state index in [0.717, 1.165) is 12.1 Å². The van der Waals surface area contributed by atoms with Crippen molar-refractivity contribution in [3.63, 3.8) is 0 Å². The first-order valence-corrected chi connectivity index (χ1v) is 17.6. The van der Waals surface area contributed by atoms with Crippen LogP contribution in [0.3, 0.4) is 0 Å². The molecule has 0 radical (unpaired) electrons. The van der Waals surface area contributed by atoms with Crippen LogP contribution in [0.2, 0.25) is 26.2 Å². The van der Waals surface area contributed by atoms with Gasteiger partial charge in [-0.25, -0.2) is 4.39 Å². The minimum absolute atomic E-state index is 0.0287. The lowest BCUT2D eigenvalue weighted by Gasteiger charge is -2.53. The summed E-state index contributed by atoms with van der Waals surface area (Å²) in [4.78, 5) is 2.55. The predicted molar refractivity (Wildman–Crippen MR) is 137 cm³/mol. The van der Waals surface area contributed by atoms with Gasteiger partial charge in [0.1, 0.15) is 5.82 Å². The molecule has 184 valence electrons. The molecule has 1 aliphatic rings. The van der Waals surface area contributed by atoms with Gasteiger partial charge >= 0.3 is 0 Å². The summed E-state index contributed by atoms with van der Waals surface area (Å²) in [6.07, 6.45) is 0.101. The maximum Gasteiger partial charge on any atom is 0.171 e. The normalized spacial score (nSPS) is 23.0. The lowest BCUT2D eigenvalue weighted by atomic mass is 9.80. The van der Waals surface area contributed by atoms with Crippen molar-refractivity contribution in [1.82, 2.24) is 4.90 Å². The zero-order valence-corrected chi connectivity index (χ0v) is 24.3. The Bertz CT molecular complexity index is 665. The van der Waals surface area contributed by atoms with Gasteiger partial charge in [-0.2, -0.15) is 0 Å². The summed E-state index contributed by atoms with van der Waals surface area (Å²) in [5.74, 6) is -0.202. The molecule has 1 aromatic rings. The largest absolute Gasteiger partial charge is 0.415 e. The first kappa shape index (κ1) is 27.7. The highest BCUT2D eigenvalue weighted by Gasteiger charge is 2.46. The average Bonchev–Trinajstić information content (AvgIpc) is 2.64. The minimum Gasteiger partial charge on any atom is -0.415 e. The maximum atomic E-state index is 13.6. The molecule has 4 nitrogen and oxygen atoms in total. The van der Waals surface area contributed by atoms with Gasteiger partial charge in [0.2, 0.25) is 0 Å². The van der Waals surface area contributed by atoms with E-state index < -0.39 is 18.1 Å². The zero-order chi connectivity index (χ0) is 24.3. The zero-order valence-electron chi connectivity index (χ0n) is 21.9. The molecule has 0 N–H and O–H groups in total. The molecule has 0 aromatic heterocycles. The number of rotatable bonds is 8. The summed E-state index contributed by atoms with van der Waals surface area (Å²) < 4.78 is 33.2. The number of hydrogen-bond acceptors (Lipinski definition) is 4. The second kappa shape index (κ2) is 11.2. The summed E-state index contributed by atoms with van der Waals surface area (Å²) in [6, 6.07) is 7.11. The second-order valence-electron chi connectivity index (χ2n) is 11.9. The monoisotopic (exact) mass is 483 g/mol. The minimum atomic E-state index is -1.28. The van der Waals surface area contributed by atoms with E-state index in [0.29, 0.717) is 13.2 Å². The molecule has 1 aliphatic heterocycles. The standard InChI is InChI=1S/C25H46FNO3Si2/c1-24(2,3)22(29-31(7)8)20-16-28-17-21(23(25(4,5)6)30-32(9)10)27(20)15-18-11-13-19(26)14-12-18/h11-14,20-23,31-32H,15-17H2,1-10H3/t20-,21-,22?,23?/m0/s1. The van der Waals surface area contributed by atoms with Crippen LogP contribution in [0.5, 0.6) is 0 Å². The Hall–Kier alpha value is -0.576. The third kappa shape index (κ3) is 7.74. The highest BCUT2D eigenvalue weighted by molar-refractivity contribution is 6.48. The fraction of sp³-hybridized carbons (Fsp3) is 0.760. The molecule has 2 rings (SSSR count). The van der Waals surface area contributed by atoms with Gasteiger partial charge in [0.05, 0.1) is 37.5 Å². The van der Waals surface area contributed by atoms with Crippen LogP contribution >= 0.6 is 0 Å². The quantitative estimate of drug-likeness (QED) is 0.474. The molecule has 1 fully saturated rings. The summed E-state index contributed by atoms with van der Waals surface area (Å²) in [6.45, 7) is 24.5. The van der Waals surface area contributed by atoms with Crippen molar-refractivity contribution in [3.8, 4) is 0 Å². The fourth-order valence-electron chi connectivity index (χ4n) is 4.64. The first-order chi connectivity index (χ1) is 14.7. The van der Waals surface area contributed by atoms with Gasteiger partial charge < -0.3 is 13.6 Å². The Morgan fingerprint density at radius 1 is 0.875 bits per heavy atom. The third-order valence-electron chi connectivity index (χ3n) is 5.95. The Morgan fingerprint density at radius 3 is 1.62 bits per heavy atom. The summed E-state index contributed by atoms with van der Waals surface area (Å²) in [7, 11) is -2.55. The van der Waals surface area contributed by atoms with Crippen molar-refractivity contribution in [2.24, 2.45) is 10.8 Å². The fourth-order valence-corrected chi connectivity index (χ4v) is 6.99. The molecule has 0 spiro atoms. The Balaban J connectivity index is 2.51. The molecule has 1 aromatic carbocycles. The van der Waals surface area contributed by atoms with Crippen LogP contribution in [0.4, 0.5) is 4.39 Å². The van der Waals surface area contributed by atoms with E-state index in [4.69, 9.17) is 13.6 Å². The molecule has 7 heteroatoms. The summed E-state index contributed by atoms with van der Waals surface area (Å²) in [5.41, 5.74) is 1.05. The first-order valence-electron chi connectivity index (χ1n) is 12.1. The number of halogens is 1. The Morgan fingerprint density at radius 2 is 1.28 bits per heavy atom. The Kier molecular flexibility index (Phi) is 9.71. The van der Waals surface area contributed by atoms with Crippen molar-refractivity contribution >= 4 is 18.1 Å². The molecular formula is C25H46FNO3Si2. The van der Waals surface area contributed by atoms with Crippen LogP contribution in [0.1, 0.15) is 47.1 Å². The lowest BCUT2D eigenvalue weighted by Crippen LogP contribution is -2.65. The highest BCUT2D eigenvalue weighted by atomic mass is 28.3. The molecule has 0 saturated carbocycles. The van der Waals surface area contributed by atoms with Gasteiger partial charge in [-0.3, -0.25) is 4.90 Å². The van der Waals surface area contributed by atoms with Crippen LogP contribution in [-0.2, 0) is 20.1 Å². The molecule has 0 bridgehead atoms. The topological polar surface area (TPSA) is 30.9 Å². The molecule has 0 amide bonds. The van der Waals surface area contributed by atoms with Gasteiger partial charge in [0.25, 0.3) is 0 Å².